The summed E-state index contributed by atoms with van der Waals surface area (Å²) in [6, 6.07) is 9.36. The van der Waals surface area contributed by atoms with Crippen LogP contribution in [0.4, 0.5) is 11.4 Å². The lowest BCUT2D eigenvalue weighted by Gasteiger charge is -2.18. The van der Waals surface area contributed by atoms with Crippen LogP contribution in [0.15, 0.2) is 30.3 Å². The van der Waals surface area contributed by atoms with Crippen molar-refractivity contribution in [3.63, 3.8) is 0 Å². The summed E-state index contributed by atoms with van der Waals surface area (Å²) < 4.78 is 16.5. The van der Waals surface area contributed by atoms with Gasteiger partial charge in [-0.05, 0) is 37.0 Å². The Balaban J connectivity index is 1.72. The Morgan fingerprint density at radius 1 is 1.15 bits per heavy atom. The molecule has 1 heterocycles. The highest BCUT2D eigenvalue weighted by Gasteiger charge is 2.21. The number of carbonyl (C=O) groups excluding carboxylic acids is 1. The first kappa shape index (κ1) is 17.9. The van der Waals surface area contributed by atoms with Gasteiger partial charge in [-0.25, -0.2) is 0 Å². The lowest BCUT2D eigenvalue weighted by Crippen LogP contribution is -2.30. The molecule has 6 nitrogen and oxygen atoms in total. The number of aryl methyl sites for hydroxylation is 1. The van der Waals surface area contributed by atoms with E-state index in [1.165, 1.54) is 5.56 Å². The van der Waals surface area contributed by atoms with Crippen LogP contribution in [0.25, 0.3) is 0 Å². The Kier molecular flexibility index (Phi) is 4.93. The fourth-order valence-electron chi connectivity index (χ4n) is 2.65. The van der Waals surface area contributed by atoms with Crippen LogP contribution in [-0.2, 0) is 4.79 Å². The number of nitrogen functional groups attached to an aromatic ring is 1. The SMILES string of the molecule is Cc1ccc(C(C)C)cc1OC(C)C(=O)Nc1cc2c(cc1N)OCO2. The number of hydrogen-bond acceptors (Lipinski definition) is 5. The van der Waals surface area contributed by atoms with E-state index in [0.717, 1.165) is 5.56 Å². The molecule has 1 unspecified atom stereocenters. The van der Waals surface area contributed by atoms with E-state index >= 15 is 0 Å². The standard InChI is InChI=1S/C20H24N2O4/c1-11(2)14-6-5-12(3)17(7-14)26-13(4)20(23)22-16-9-19-18(8-15(16)21)24-10-25-19/h5-9,11,13H,10,21H2,1-4H3,(H,22,23). The first-order valence-electron chi connectivity index (χ1n) is 8.62. The smallest absolute Gasteiger partial charge is 0.265 e. The molecule has 138 valence electrons. The molecular weight excluding hydrogens is 332 g/mol. The Bertz CT molecular complexity index is 833. The minimum absolute atomic E-state index is 0.150. The van der Waals surface area contributed by atoms with Gasteiger partial charge in [0.25, 0.3) is 5.91 Å². The molecule has 0 spiro atoms. The van der Waals surface area contributed by atoms with Crippen molar-refractivity contribution in [2.45, 2.75) is 39.7 Å². The summed E-state index contributed by atoms with van der Waals surface area (Å²) in [7, 11) is 0. The maximum atomic E-state index is 12.5. The molecule has 1 aliphatic rings. The minimum Gasteiger partial charge on any atom is -0.481 e. The van der Waals surface area contributed by atoms with Crippen LogP contribution in [0.2, 0.25) is 0 Å². The number of amides is 1. The van der Waals surface area contributed by atoms with Gasteiger partial charge in [0, 0.05) is 12.1 Å². The second-order valence-corrected chi connectivity index (χ2v) is 6.72. The number of carbonyl (C=O) groups is 1. The van der Waals surface area contributed by atoms with Crippen LogP contribution in [0.3, 0.4) is 0 Å². The Labute approximate surface area is 153 Å². The van der Waals surface area contributed by atoms with Gasteiger partial charge >= 0.3 is 0 Å². The summed E-state index contributed by atoms with van der Waals surface area (Å²) >= 11 is 0. The van der Waals surface area contributed by atoms with Crippen LogP contribution in [-0.4, -0.2) is 18.8 Å². The normalized spacial score (nSPS) is 13.6. The van der Waals surface area contributed by atoms with Crippen molar-refractivity contribution in [1.29, 1.82) is 0 Å². The van der Waals surface area contributed by atoms with Crippen LogP contribution in [0.5, 0.6) is 17.2 Å². The van der Waals surface area contributed by atoms with E-state index in [1.807, 2.05) is 19.1 Å². The lowest BCUT2D eigenvalue weighted by molar-refractivity contribution is -0.122. The molecule has 0 aromatic heterocycles. The number of nitrogens with two attached hydrogens (primary N) is 1. The highest BCUT2D eigenvalue weighted by atomic mass is 16.7. The number of hydrogen-bond donors (Lipinski definition) is 2. The Morgan fingerprint density at radius 2 is 1.85 bits per heavy atom. The van der Waals surface area contributed by atoms with E-state index in [-0.39, 0.29) is 12.7 Å². The molecule has 2 aromatic rings. The minimum atomic E-state index is -0.680. The van der Waals surface area contributed by atoms with Crippen molar-refractivity contribution >= 4 is 17.3 Å². The molecule has 3 N–H and O–H groups in total. The fraction of sp³-hybridized carbons (Fsp3) is 0.350. The molecule has 0 bridgehead atoms. The second kappa shape index (κ2) is 7.15. The summed E-state index contributed by atoms with van der Waals surface area (Å²) in [6.07, 6.45) is -0.680. The molecular formula is C20H24N2O4. The zero-order valence-electron chi connectivity index (χ0n) is 15.5. The number of fused-ring (bicyclic) bond motifs is 1. The van der Waals surface area contributed by atoms with Crippen molar-refractivity contribution in [2.24, 2.45) is 0 Å². The summed E-state index contributed by atoms with van der Waals surface area (Å²) in [4.78, 5) is 12.5. The highest BCUT2D eigenvalue weighted by Crippen LogP contribution is 2.38. The van der Waals surface area contributed by atoms with Gasteiger partial charge in [-0.3, -0.25) is 4.79 Å². The molecule has 0 fully saturated rings. The van der Waals surface area contributed by atoms with Gasteiger partial charge in [0.05, 0.1) is 11.4 Å². The van der Waals surface area contributed by atoms with Gasteiger partial charge in [-0.15, -0.1) is 0 Å². The third-order valence-electron chi connectivity index (χ3n) is 4.35. The molecule has 1 atom stereocenters. The molecule has 0 saturated carbocycles. The van der Waals surface area contributed by atoms with Crippen LogP contribution < -0.4 is 25.3 Å². The molecule has 2 aromatic carbocycles. The zero-order chi connectivity index (χ0) is 18.8. The first-order chi connectivity index (χ1) is 12.3. The molecule has 1 aliphatic heterocycles. The maximum Gasteiger partial charge on any atom is 0.265 e. The Morgan fingerprint density at radius 3 is 2.54 bits per heavy atom. The average molecular weight is 356 g/mol. The molecule has 1 amide bonds. The molecule has 6 heteroatoms. The van der Waals surface area contributed by atoms with Gasteiger partial charge in [-0.1, -0.05) is 26.0 Å². The van der Waals surface area contributed by atoms with Crippen molar-refractivity contribution in [3.8, 4) is 17.2 Å². The van der Waals surface area contributed by atoms with Crippen molar-refractivity contribution in [1.82, 2.24) is 0 Å². The van der Waals surface area contributed by atoms with Crippen molar-refractivity contribution in [2.75, 3.05) is 17.8 Å². The second-order valence-electron chi connectivity index (χ2n) is 6.72. The number of ether oxygens (including phenoxy) is 3. The predicted octanol–water partition coefficient (Wildman–Crippen LogP) is 3.84. The number of anilines is 2. The van der Waals surface area contributed by atoms with E-state index in [2.05, 4.69) is 25.2 Å². The molecule has 0 aliphatic carbocycles. The molecule has 3 rings (SSSR count). The predicted molar refractivity (Wildman–Crippen MR) is 101 cm³/mol. The zero-order valence-corrected chi connectivity index (χ0v) is 15.5. The van der Waals surface area contributed by atoms with Crippen LogP contribution in [0.1, 0.15) is 37.8 Å². The van der Waals surface area contributed by atoms with Crippen LogP contribution in [0, 0.1) is 6.92 Å². The van der Waals surface area contributed by atoms with E-state index in [4.69, 9.17) is 19.9 Å². The summed E-state index contributed by atoms with van der Waals surface area (Å²) in [6.45, 7) is 8.05. The monoisotopic (exact) mass is 356 g/mol. The third kappa shape index (κ3) is 3.69. The lowest BCUT2D eigenvalue weighted by atomic mass is 10.0. The van der Waals surface area contributed by atoms with E-state index < -0.39 is 6.10 Å². The van der Waals surface area contributed by atoms with Crippen LogP contribution >= 0.6 is 0 Å². The quantitative estimate of drug-likeness (QED) is 0.796. The Hall–Kier alpha value is -2.89. The highest BCUT2D eigenvalue weighted by molar-refractivity contribution is 5.97. The molecule has 0 saturated heterocycles. The number of nitrogens with one attached hydrogen (secondary N) is 1. The van der Waals surface area contributed by atoms with Gasteiger partial charge in [0.2, 0.25) is 6.79 Å². The summed E-state index contributed by atoms with van der Waals surface area (Å²) in [5.41, 5.74) is 9.01. The number of rotatable bonds is 5. The van der Waals surface area contributed by atoms with Crippen molar-refractivity contribution < 1.29 is 19.0 Å². The summed E-state index contributed by atoms with van der Waals surface area (Å²) in [5, 5.41) is 2.79. The summed E-state index contributed by atoms with van der Waals surface area (Å²) in [5.74, 6) is 1.94. The topological polar surface area (TPSA) is 82.8 Å². The largest absolute Gasteiger partial charge is 0.481 e. The van der Waals surface area contributed by atoms with E-state index in [0.29, 0.717) is 34.5 Å². The van der Waals surface area contributed by atoms with E-state index in [9.17, 15) is 4.79 Å². The van der Waals surface area contributed by atoms with Gasteiger partial charge in [0.1, 0.15) is 5.75 Å². The van der Waals surface area contributed by atoms with Crippen molar-refractivity contribution in [3.05, 3.63) is 41.5 Å². The maximum absolute atomic E-state index is 12.5. The first-order valence-corrected chi connectivity index (χ1v) is 8.62. The van der Waals surface area contributed by atoms with Gasteiger partial charge in [-0.2, -0.15) is 0 Å². The van der Waals surface area contributed by atoms with E-state index in [1.54, 1.807) is 19.1 Å². The average Bonchev–Trinajstić information content (AvgIpc) is 3.03. The van der Waals surface area contributed by atoms with Gasteiger partial charge < -0.3 is 25.3 Å². The number of benzene rings is 2. The van der Waals surface area contributed by atoms with Gasteiger partial charge in [0.15, 0.2) is 17.6 Å². The third-order valence-corrected chi connectivity index (χ3v) is 4.35. The fourth-order valence-corrected chi connectivity index (χ4v) is 2.65. The molecule has 26 heavy (non-hydrogen) atoms. The molecule has 0 radical (unpaired) electrons.